The highest BCUT2D eigenvalue weighted by Crippen LogP contribution is 2.30. The Bertz CT molecular complexity index is 412. The van der Waals surface area contributed by atoms with Gasteiger partial charge < -0.3 is 5.32 Å². The second-order valence-corrected chi connectivity index (χ2v) is 5.52. The number of hydrogen-bond acceptors (Lipinski definition) is 2. The number of carbonyl (C=O) groups excluding carboxylic acids is 1. The van der Waals surface area contributed by atoms with Crippen molar-refractivity contribution >= 4 is 21.7 Å². The summed E-state index contributed by atoms with van der Waals surface area (Å²) < 4.78 is 1.03. The molecule has 1 heterocycles. The molecule has 0 radical (unpaired) electrons. The van der Waals surface area contributed by atoms with E-state index in [2.05, 4.69) is 41.2 Å². The summed E-state index contributed by atoms with van der Waals surface area (Å²) in [5.41, 5.74) is 1.99. The highest BCUT2D eigenvalue weighted by Gasteiger charge is 2.28. The zero-order chi connectivity index (χ0) is 11.1. The number of ketones is 1. The lowest BCUT2D eigenvalue weighted by atomic mass is 9.82. The van der Waals surface area contributed by atoms with Crippen LogP contribution in [-0.4, -0.2) is 18.9 Å². The van der Waals surface area contributed by atoms with Crippen molar-refractivity contribution < 1.29 is 4.79 Å². The van der Waals surface area contributed by atoms with Crippen LogP contribution >= 0.6 is 15.9 Å². The lowest BCUT2D eigenvalue weighted by molar-refractivity contribution is 0.0994. The third kappa shape index (κ3) is 1.99. The molecular formula is C12H14BrNO. The quantitative estimate of drug-likeness (QED) is 0.783. The average Bonchev–Trinajstić information content (AvgIpc) is 2.26. The Morgan fingerprint density at radius 3 is 2.87 bits per heavy atom. The molecule has 0 aromatic heterocycles. The van der Waals surface area contributed by atoms with Crippen LogP contribution < -0.4 is 5.32 Å². The molecule has 0 amide bonds. The van der Waals surface area contributed by atoms with Crippen LogP contribution in [0.3, 0.4) is 0 Å². The maximum atomic E-state index is 11.8. The van der Waals surface area contributed by atoms with E-state index in [1.807, 2.05) is 12.1 Å². The second kappa shape index (κ2) is 3.72. The van der Waals surface area contributed by atoms with Crippen molar-refractivity contribution in [1.82, 2.24) is 5.32 Å². The first-order valence-electron chi connectivity index (χ1n) is 5.05. The van der Waals surface area contributed by atoms with E-state index < -0.39 is 0 Å². The van der Waals surface area contributed by atoms with Gasteiger partial charge in [0.1, 0.15) is 0 Å². The smallest absolute Gasteiger partial charge is 0.176 e. The maximum absolute atomic E-state index is 11.8. The number of halogens is 1. The molecule has 0 bridgehead atoms. The minimum Gasteiger partial charge on any atom is -0.309 e. The lowest BCUT2D eigenvalue weighted by Crippen LogP contribution is -2.31. The number of hydrogen-bond donors (Lipinski definition) is 1. The molecule has 0 fully saturated rings. The Morgan fingerprint density at radius 1 is 1.40 bits per heavy atom. The largest absolute Gasteiger partial charge is 0.309 e. The summed E-state index contributed by atoms with van der Waals surface area (Å²) in [6.07, 6.45) is 0. The van der Waals surface area contributed by atoms with Gasteiger partial charge in [0.25, 0.3) is 0 Å². The van der Waals surface area contributed by atoms with E-state index >= 15 is 0 Å². The van der Waals surface area contributed by atoms with Crippen molar-refractivity contribution in [3.8, 4) is 0 Å². The fraction of sp³-hybridized carbons (Fsp3) is 0.417. The summed E-state index contributed by atoms with van der Waals surface area (Å²) in [4.78, 5) is 11.8. The molecule has 1 aliphatic rings. The van der Waals surface area contributed by atoms with Crippen LogP contribution in [-0.2, 0) is 5.41 Å². The van der Waals surface area contributed by atoms with Gasteiger partial charge in [0.2, 0.25) is 0 Å². The average molecular weight is 268 g/mol. The van der Waals surface area contributed by atoms with Crippen LogP contribution in [0, 0.1) is 0 Å². The van der Waals surface area contributed by atoms with Crippen molar-refractivity contribution in [2.45, 2.75) is 19.3 Å². The number of rotatable bonds is 0. The molecule has 0 atom stereocenters. The van der Waals surface area contributed by atoms with Crippen LogP contribution in [0.25, 0.3) is 0 Å². The third-order valence-corrected chi connectivity index (χ3v) is 3.36. The van der Waals surface area contributed by atoms with Crippen molar-refractivity contribution in [3.05, 3.63) is 33.8 Å². The molecule has 80 valence electrons. The van der Waals surface area contributed by atoms with Gasteiger partial charge in [-0.15, -0.1) is 0 Å². The minimum absolute atomic E-state index is 0.00523. The first kappa shape index (κ1) is 10.8. The predicted molar refractivity (Wildman–Crippen MR) is 64.4 cm³/mol. The van der Waals surface area contributed by atoms with Gasteiger partial charge in [0, 0.05) is 22.0 Å². The van der Waals surface area contributed by atoms with Crippen molar-refractivity contribution in [1.29, 1.82) is 0 Å². The molecule has 0 spiro atoms. The summed E-state index contributed by atoms with van der Waals surface area (Å²) in [6.45, 7) is 5.59. The first-order chi connectivity index (χ1) is 7.00. The number of fused-ring (bicyclic) bond motifs is 1. The fourth-order valence-electron chi connectivity index (χ4n) is 2.00. The van der Waals surface area contributed by atoms with Crippen LogP contribution in [0.5, 0.6) is 0 Å². The van der Waals surface area contributed by atoms with E-state index in [-0.39, 0.29) is 11.2 Å². The molecule has 0 saturated heterocycles. The van der Waals surface area contributed by atoms with Crippen molar-refractivity contribution in [3.63, 3.8) is 0 Å². The van der Waals surface area contributed by atoms with E-state index in [1.54, 1.807) is 0 Å². The zero-order valence-electron chi connectivity index (χ0n) is 8.93. The van der Waals surface area contributed by atoms with Gasteiger partial charge in [0.05, 0.1) is 6.54 Å². The van der Waals surface area contributed by atoms with E-state index in [0.29, 0.717) is 6.54 Å². The molecular weight excluding hydrogens is 254 g/mol. The molecule has 1 N–H and O–H groups in total. The van der Waals surface area contributed by atoms with E-state index in [9.17, 15) is 4.79 Å². The predicted octanol–water partition coefficient (Wildman–Crippen LogP) is 2.51. The lowest BCUT2D eigenvalue weighted by Gasteiger charge is -2.24. The molecule has 2 nitrogen and oxygen atoms in total. The summed E-state index contributed by atoms with van der Waals surface area (Å²) in [6, 6.07) is 5.90. The van der Waals surface area contributed by atoms with E-state index in [1.165, 1.54) is 0 Å². The van der Waals surface area contributed by atoms with Crippen LogP contribution in [0.2, 0.25) is 0 Å². The molecule has 3 heteroatoms. The minimum atomic E-state index is 0.00523. The first-order valence-corrected chi connectivity index (χ1v) is 5.84. The van der Waals surface area contributed by atoms with Gasteiger partial charge in [-0.25, -0.2) is 0 Å². The van der Waals surface area contributed by atoms with E-state index in [4.69, 9.17) is 0 Å². The van der Waals surface area contributed by atoms with Gasteiger partial charge in [0.15, 0.2) is 5.78 Å². The SMILES string of the molecule is CC1(C)CNCC(=O)c2ccc(Br)cc21. The monoisotopic (exact) mass is 267 g/mol. The Morgan fingerprint density at radius 2 is 2.13 bits per heavy atom. The molecule has 1 aliphatic heterocycles. The standard InChI is InChI=1S/C12H14BrNO/c1-12(2)7-14-6-11(15)9-4-3-8(13)5-10(9)12/h3-5,14H,6-7H2,1-2H3. The number of carbonyl (C=O) groups is 1. The molecule has 1 aromatic rings. The summed E-state index contributed by atoms with van der Waals surface area (Å²) >= 11 is 3.46. The van der Waals surface area contributed by atoms with E-state index in [0.717, 1.165) is 22.1 Å². The molecule has 1 aromatic carbocycles. The normalized spacial score (nSPS) is 19.5. The van der Waals surface area contributed by atoms with Gasteiger partial charge in [-0.2, -0.15) is 0 Å². The number of benzene rings is 1. The topological polar surface area (TPSA) is 29.1 Å². The maximum Gasteiger partial charge on any atom is 0.176 e. The van der Waals surface area contributed by atoms with Gasteiger partial charge in [-0.05, 0) is 23.8 Å². The Hall–Kier alpha value is -0.670. The molecule has 0 unspecified atom stereocenters. The third-order valence-electron chi connectivity index (χ3n) is 2.86. The Balaban J connectivity index is 2.62. The summed E-state index contributed by atoms with van der Waals surface area (Å²) in [5.74, 6) is 0.183. The molecule has 0 saturated carbocycles. The molecule has 15 heavy (non-hydrogen) atoms. The van der Waals surface area contributed by atoms with Crippen LogP contribution in [0.1, 0.15) is 29.8 Å². The fourth-order valence-corrected chi connectivity index (χ4v) is 2.36. The highest BCUT2D eigenvalue weighted by atomic mass is 79.9. The highest BCUT2D eigenvalue weighted by molar-refractivity contribution is 9.10. The van der Waals surface area contributed by atoms with Crippen LogP contribution in [0.15, 0.2) is 22.7 Å². The second-order valence-electron chi connectivity index (χ2n) is 4.60. The van der Waals surface area contributed by atoms with Crippen molar-refractivity contribution in [2.24, 2.45) is 0 Å². The number of nitrogens with one attached hydrogen (secondary N) is 1. The summed E-state index contributed by atoms with van der Waals surface area (Å²) in [5, 5.41) is 3.19. The summed E-state index contributed by atoms with van der Waals surface area (Å²) in [7, 11) is 0. The number of Topliss-reactive ketones (excluding diaryl/α,β-unsaturated/α-hetero) is 1. The molecule has 0 aliphatic carbocycles. The van der Waals surface area contributed by atoms with Gasteiger partial charge in [-0.1, -0.05) is 29.8 Å². The van der Waals surface area contributed by atoms with Crippen molar-refractivity contribution in [2.75, 3.05) is 13.1 Å². The van der Waals surface area contributed by atoms with Gasteiger partial charge >= 0.3 is 0 Å². The zero-order valence-corrected chi connectivity index (χ0v) is 10.5. The Labute approximate surface area is 98.2 Å². The molecule has 2 rings (SSSR count). The van der Waals surface area contributed by atoms with Crippen LogP contribution in [0.4, 0.5) is 0 Å². The Kier molecular flexibility index (Phi) is 2.69. The van der Waals surface area contributed by atoms with Gasteiger partial charge in [-0.3, -0.25) is 4.79 Å².